The van der Waals surface area contributed by atoms with Gasteiger partial charge in [0.05, 0.1) is 18.0 Å². The van der Waals surface area contributed by atoms with Gasteiger partial charge in [-0.15, -0.1) is 0 Å². The molecule has 0 amide bonds. The van der Waals surface area contributed by atoms with Crippen molar-refractivity contribution in [2.24, 2.45) is 0 Å². The van der Waals surface area contributed by atoms with Gasteiger partial charge in [-0.2, -0.15) is 4.31 Å². The molecule has 0 spiro atoms. The van der Waals surface area contributed by atoms with Crippen molar-refractivity contribution in [1.29, 1.82) is 0 Å². The monoisotopic (exact) mass is 318 g/mol. The molecule has 22 heavy (non-hydrogen) atoms. The molecule has 6 heteroatoms. The van der Waals surface area contributed by atoms with E-state index >= 15 is 0 Å². The zero-order valence-electron chi connectivity index (χ0n) is 12.6. The van der Waals surface area contributed by atoms with Crippen LogP contribution in [-0.4, -0.2) is 36.9 Å². The number of ether oxygens (including phenoxy) is 1. The quantitative estimate of drug-likeness (QED) is 0.867. The van der Waals surface area contributed by atoms with Crippen LogP contribution in [0.4, 0.5) is 0 Å². The molecule has 5 nitrogen and oxygen atoms in total. The first-order chi connectivity index (χ1) is 10.5. The van der Waals surface area contributed by atoms with Crippen LogP contribution in [0.2, 0.25) is 0 Å². The highest BCUT2D eigenvalue weighted by Crippen LogP contribution is 2.26. The van der Waals surface area contributed by atoms with Crippen molar-refractivity contribution in [3.8, 4) is 5.88 Å². The van der Waals surface area contributed by atoms with Gasteiger partial charge in [-0.05, 0) is 37.1 Å². The molecule has 1 aromatic heterocycles. The lowest BCUT2D eigenvalue weighted by molar-refractivity contribution is 0.0720. The summed E-state index contributed by atoms with van der Waals surface area (Å²) in [6.45, 7) is 4.41. The molecule has 1 aliphatic rings. The lowest BCUT2D eigenvalue weighted by Gasteiger charge is -2.37. The van der Waals surface area contributed by atoms with Gasteiger partial charge in [-0.25, -0.2) is 13.4 Å². The number of aromatic nitrogens is 1. The average molecular weight is 318 g/mol. The molecule has 1 fully saturated rings. The Balaban J connectivity index is 1.70. The number of hydrogen-bond acceptors (Lipinski definition) is 4. The fourth-order valence-corrected chi connectivity index (χ4v) is 4.20. The molecule has 0 radical (unpaired) electrons. The largest absolute Gasteiger partial charge is 0.472 e. The Kier molecular flexibility index (Phi) is 3.88. The molecule has 3 rings (SSSR count). The van der Waals surface area contributed by atoms with Crippen LogP contribution in [-0.2, 0) is 10.0 Å². The van der Waals surface area contributed by atoms with Gasteiger partial charge in [0.15, 0.2) is 0 Å². The van der Waals surface area contributed by atoms with Gasteiger partial charge < -0.3 is 4.74 Å². The second-order valence-electron chi connectivity index (χ2n) is 5.50. The van der Waals surface area contributed by atoms with Crippen LogP contribution < -0.4 is 4.74 Å². The van der Waals surface area contributed by atoms with Crippen LogP contribution in [0.25, 0.3) is 0 Å². The minimum atomic E-state index is -3.45. The predicted molar refractivity (Wildman–Crippen MR) is 83.3 cm³/mol. The number of rotatable bonds is 4. The fraction of sp³-hybridized carbons (Fsp3) is 0.312. The maximum Gasteiger partial charge on any atom is 0.243 e. The molecule has 0 unspecified atom stereocenters. The molecule has 0 atom stereocenters. The maximum atomic E-state index is 12.6. The molecule has 1 aliphatic heterocycles. The number of benzene rings is 1. The van der Waals surface area contributed by atoms with Gasteiger partial charge in [0.25, 0.3) is 0 Å². The Bertz CT molecular complexity index is 769. The van der Waals surface area contributed by atoms with Crippen LogP contribution in [0.5, 0.6) is 5.88 Å². The number of sulfonamides is 1. The van der Waals surface area contributed by atoms with Crippen LogP contribution in [0.15, 0.2) is 47.5 Å². The van der Waals surface area contributed by atoms with Crippen molar-refractivity contribution in [1.82, 2.24) is 9.29 Å². The highest BCUT2D eigenvalue weighted by Gasteiger charge is 2.38. The number of hydrogen-bond donors (Lipinski definition) is 0. The lowest BCUT2D eigenvalue weighted by Crippen LogP contribution is -2.56. The number of pyridine rings is 1. The summed E-state index contributed by atoms with van der Waals surface area (Å²) in [5.74, 6) is 0.524. The third-order valence-electron chi connectivity index (χ3n) is 3.70. The van der Waals surface area contributed by atoms with E-state index in [0.717, 1.165) is 11.1 Å². The molecule has 1 aromatic carbocycles. The van der Waals surface area contributed by atoms with E-state index < -0.39 is 10.0 Å². The highest BCUT2D eigenvalue weighted by molar-refractivity contribution is 7.89. The van der Waals surface area contributed by atoms with Crippen molar-refractivity contribution in [2.45, 2.75) is 24.8 Å². The van der Waals surface area contributed by atoms with E-state index in [4.69, 9.17) is 4.74 Å². The molecule has 0 saturated carbocycles. The first-order valence-corrected chi connectivity index (χ1v) is 8.56. The van der Waals surface area contributed by atoms with Gasteiger partial charge in [-0.3, -0.25) is 0 Å². The molecule has 0 N–H and O–H groups in total. The van der Waals surface area contributed by atoms with Crippen molar-refractivity contribution in [3.63, 3.8) is 0 Å². The molecule has 116 valence electrons. The summed E-state index contributed by atoms with van der Waals surface area (Å²) >= 11 is 0. The maximum absolute atomic E-state index is 12.6. The SMILES string of the molecule is Cc1ccc(C)c(S(=O)(=O)N2CC(Oc3ccccn3)C2)c1. The second kappa shape index (κ2) is 5.70. The summed E-state index contributed by atoms with van der Waals surface area (Å²) in [5.41, 5.74) is 1.70. The standard InChI is InChI=1S/C16H18N2O3S/c1-12-6-7-13(2)15(9-12)22(19,20)18-10-14(11-18)21-16-5-3-4-8-17-16/h3-9,14H,10-11H2,1-2H3. The van der Waals surface area contributed by atoms with E-state index in [1.165, 1.54) is 4.31 Å². The zero-order chi connectivity index (χ0) is 15.7. The van der Waals surface area contributed by atoms with Crippen LogP contribution in [0, 0.1) is 13.8 Å². The number of nitrogens with zero attached hydrogens (tertiary/aromatic N) is 2. The molecular weight excluding hydrogens is 300 g/mol. The summed E-state index contributed by atoms with van der Waals surface area (Å²) in [4.78, 5) is 4.46. The van der Waals surface area contributed by atoms with E-state index in [-0.39, 0.29) is 6.10 Å². The van der Waals surface area contributed by atoms with Crippen molar-refractivity contribution in [3.05, 3.63) is 53.7 Å². The van der Waals surface area contributed by atoms with Gasteiger partial charge >= 0.3 is 0 Å². The minimum absolute atomic E-state index is 0.144. The van der Waals surface area contributed by atoms with Gasteiger partial charge in [0.2, 0.25) is 15.9 Å². The van der Waals surface area contributed by atoms with Crippen LogP contribution in [0.3, 0.4) is 0 Å². The summed E-state index contributed by atoms with van der Waals surface area (Å²) in [6, 6.07) is 10.9. The predicted octanol–water partition coefficient (Wildman–Crippen LogP) is 2.15. The highest BCUT2D eigenvalue weighted by atomic mass is 32.2. The number of aryl methyl sites for hydroxylation is 2. The van der Waals surface area contributed by atoms with Crippen molar-refractivity contribution in [2.75, 3.05) is 13.1 Å². The summed E-state index contributed by atoms with van der Waals surface area (Å²) < 4.78 is 32.4. The Morgan fingerprint density at radius 1 is 1.18 bits per heavy atom. The second-order valence-corrected chi connectivity index (χ2v) is 7.41. The van der Waals surface area contributed by atoms with Crippen LogP contribution >= 0.6 is 0 Å². The Morgan fingerprint density at radius 2 is 1.95 bits per heavy atom. The van der Waals surface area contributed by atoms with E-state index in [1.54, 1.807) is 18.3 Å². The van der Waals surface area contributed by atoms with Crippen molar-refractivity contribution < 1.29 is 13.2 Å². The Morgan fingerprint density at radius 3 is 2.64 bits per heavy atom. The first kappa shape index (κ1) is 15.0. The molecule has 1 saturated heterocycles. The van der Waals surface area contributed by atoms with E-state index in [9.17, 15) is 8.42 Å². The third kappa shape index (κ3) is 2.84. The smallest absolute Gasteiger partial charge is 0.243 e. The van der Waals surface area contributed by atoms with E-state index in [1.807, 2.05) is 38.1 Å². The van der Waals surface area contributed by atoms with Gasteiger partial charge in [-0.1, -0.05) is 18.2 Å². The lowest BCUT2D eigenvalue weighted by atomic mass is 10.2. The Hall–Kier alpha value is -1.92. The average Bonchev–Trinajstić information content (AvgIpc) is 2.45. The topological polar surface area (TPSA) is 59.5 Å². The summed E-state index contributed by atoms with van der Waals surface area (Å²) in [6.07, 6.45) is 1.51. The van der Waals surface area contributed by atoms with Gasteiger partial charge in [0, 0.05) is 12.3 Å². The van der Waals surface area contributed by atoms with Crippen molar-refractivity contribution >= 4 is 10.0 Å². The fourth-order valence-electron chi connectivity index (χ4n) is 2.38. The molecule has 2 aromatic rings. The van der Waals surface area contributed by atoms with Gasteiger partial charge in [0.1, 0.15) is 6.10 Å². The van der Waals surface area contributed by atoms with E-state index in [0.29, 0.717) is 23.9 Å². The molecule has 0 bridgehead atoms. The molecule has 2 heterocycles. The van der Waals surface area contributed by atoms with Crippen LogP contribution in [0.1, 0.15) is 11.1 Å². The minimum Gasteiger partial charge on any atom is -0.472 e. The summed E-state index contributed by atoms with van der Waals surface area (Å²) in [5, 5.41) is 0. The molecule has 0 aliphatic carbocycles. The normalized spacial score (nSPS) is 16.3. The third-order valence-corrected chi connectivity index (χ3v) is 5.67. The van der Waals surface area contributed by atoms with E-state index in [2.05, 4.69) is 4.98 Å². The zero-order valence-corrected chi connectivity index (χ0v) is 13.4. The summed E-state index contributed by atoms with van der Waals surface area (Å²) in [7, 11) is -3.45. The molecular formula is C16H18N2O3S. The Labute approximate surface area is 130 Å². The first-order valence-electron chi connectivity index (χ1n) is 7.12.